The number of nitrogens with one attached hydrogen (secondary N) is 2. The van der Waals surface area contributed by atoms with E-state index in [1.54, 1.807) is 6.07 Å². The Morgan fingerprint density at radius 3 is 2.74 bits per heavy atom. The van der Waals surface area contributed by atoms with Crippen LogP contribution in [0.5, 0.6) is 0 Å². The van der Waals surface area contributed by atoms with Crippen LogP contribution in [0.25, 0.3) is 0 Å². The number of nitro benzene ring substituents is 1. The van der Waals surface area contributed by atoms with Gasteiger partial charge in [0.2, 0.25) is 5.91 Å². The average molecular weight is 323 g/mol. The third kappa shape index (κ3) is 6.14. The number of hydrogen-bond acceptors (Lipinski definition) is 6. The normalized spacial score (nSPS) is 11.3. The molecule has 0 radical (unpaired) electrons. The van der Waals surface area contributed by atoms with Crippen LogP contribution in [-0.2, 0) is 14.3 Å². The summed E-state index contributed by atoms with van der Waals surface area (Å²) in [6.45, 7) is 3.07. The van der Waals surface area contributed by atoms with E-state index >= 15 is 0 Å². The van der Waals surface area contributed by atoms with Crippen LogP contribution in [0.4, 0.5) is 11.4 Å². The van der Waals surface area contributed by atoms with E-state index in [1.807, 2.05) is 0 Å². The lowest BCUT2D eigenvalue weighted by atomic mass is 10.2. The molecule has 1 aromatic carbocycles. The molecule has 0 saturated heterocycles. The van der Waals surface area contributed by atoms with E-state index in [4.69, 9.17) is 9.84 Å². The molecule has 1 aromatic rings. The Bertz CT molecular complexity index is 590. The summed E-state index contributed by atoms with van der Waals surface area (Å²) >= 11 is 0. The molecule has 1 rings (SSSR count). The van der Waals surface area contributed by atoms with Crippen molar-refractivity contribution in [1.29, 1.82) is 0 Å². The highest BCUT2D eigenvalue weighted by molar-refractivity contribution is 5.86. The molecule has 0 spiro atoms. The molecule has 23 heavy (non-hydrogen) atoms. The fourth-order valence-corrected chi connectivity index (χ4v) is 1.65. The summed E-state index contributed by atoms with van der Waals surface area (Å²) < 4.78 is 5.00. The summed E-state index contributed by atoms with van der Waals surface area (Å²) in [6.07, 6.45) is 1.46. The minimum Gasteiger partial charge on any atom is -0.480 e. The van der Waals surface area contributed by atoms with Crippen molar-refractivity contribution in [3.63, 3.8) is 0 Å². The zero-order chi connectivity index (χ0) is 17.2. The first-order chi connectivity index (χ1) is 11.0. The van der Waals surface area contributed by atoms with Gasteiger partial charge in [-0.05, 0) is 6.07 Å². The molecule has 3 N–H and O–H groups in total. The number of para-hydroxylation sites is 2. The number of hydrogen-bond donors (Lipinski definition) is 3. The van der Waals surface area contributed by atoms with Crippen LogP contribution in [0.2, 0.25) is 0 Å². The molecule has 9 nitrogen and oxygen atoms in total. The molecule has 0 heterocycles. The number of benzene rings is 1. The van der Waals surface area contributed by atoms with E-state index in [2.05, 4.69) is 17.2 Å². The maximum absolute atomic E-state index is 11.8. The second-order valence-electron chi connectivity index (χ2n) is 4.41. The number of rotatable bonds is 10. The summed E-state index contributed by atoms with van der Waals surface area (Å²) in [5.74, 6) is -1.87. The molecule has 0 fully saturated rings. The second-order valence-corrected chi connectivity index (χ2v) is 4.41. The summed E-state index contributed by atoms with van der Waals surface area (Å²) in [7, 11) is 0. The molecule has 0 saturated carbocycles. The molecule has 9 heteroatoms. The number of carboxylic acids is 1. The van der Waals surface area contributed by atoms with Crippen LogP contribution in [0.1, 0.15) is 0 Å². The molecule has 1 unspecified atom stereocenters. The van der Waals surface area contributed by atoms with Gasteiger partial charge in [-0.2, -0.15) is 0 Å². The molecule has 0 aromatic heterocycles. The summed E-state index contributed by atoms with van der Waals surface area (Å²) in [4.78, 5) is 33.0. The summed E-state index contributed by atoms with van der Waals surface area (Å²) in [6, 6.07) is 4.61. The Kier molecular flexibility index (Phi) is 7.21. The van der Waals surface area contributed by atoms with E-state index in [0.717, 1.165) is 0 Å². The lowest BCUT2D eigenvalue weighted by Gasteiger charge is -2.15. The van der Waals surface area contributed by atoms with Gasteiger partial charge in [0.1, 0.15) is 5.69 Å². The molecule has 0 bridgehead atoms. The van der Waals surface area contributed by atoms with Crippen LogP contribution >= 0.6 is 0 Å². The van der Waals surface area contributed by atoms with Crippen LogP contribution in [-0.4, -0.2) is 47.7 Å². The highest BCUT2D eigenvalue weighted by atomic mass is 16.6. The third-order valence-electron chi connectivity index (χ3n) is 2.69. The topological polar surface area (TPSA) is 131 Å². The fraction of sp³-hybridized carbons (Fsp3) is 0.286. The van der Waals surface area contributed by atoms with E-state index in [0.29, 0.717) is 0 Å². The molecular weight excluding hydrogens is 306 g/mol. The SMILES string of the molecule is C=CCOCC(NC(=O)CNc1ccccc1[N+](=O)[O-])C(=O)O. The third-order valence-corrected chi connectivity index (χ3v) is 2.69. The number of nitro groups is 1. The zero-order valence-corrected chi connectivity index (χ0v) is 12.2. The lowest BCUT2D eigenvalue weighted by Crippen LogP contribution is -2.46. The Hall–Kier alpha value is -2.94. The van der Waals surface area contributed by atoms with Gasteiger partial charge in [-0.1, -0.05) is 18.2 Å². The van der Waals surface area contributed by atoms with Gasteiger partial charge in [-0.15, -0.1) is 6.58 Å². The van der Waals surface area contributed by atoms with Crippen molar-refractivity contribution in [3.8, 4) is 0 Å². The smallest absolute Gasteiger partial charge is 0.328 e. The lowest BCUT2D eigenvalue weighted by molar-refractivity contribution is -0.383. The molecule has 1 amide bonds. The predicted molar refractivity (Wildman–Crippen MR) is 82.2 cm³/mol. The number of amides is 1. The largest absolute Gasteiger partial charge is 0.480 e. The first-order valence-corrected chi connectivity index (χ1v) is 6.63. The number of carbonyl (C=O) groups is 2. The van der Waals surface area contributed by atoms with Gasteiger partial charge in [0.25, 0.3) is 5.69 Å². The molecular formula is C14H17N3O6. The molecule has 0 aliphatic heterocycles. The molecule has 0 aliphatic carbocycles. The highest BCUT2D eigenvalue weighted by Crippen LogP contribution is 2.22. The van der Waals surface area contributed by atoms with Crippen LogP contribution in [0, 0.1) is 10.1 Å². The van der Waals surface area contributed by atoms with Crippen LogP contribution in [0.15, 0.2) is 36.9 Å². The number of carbonyl (C=O) groups excluding carboxylic acids is 1. The Morgan fingerprint density at radius 2 is 2.13 bits per heavy atom. The van der Waals surface area contributed by atoms with Crippen molar-refractivity contribution in [3.05, 3.63) is 47.0 Å². The minimum atomic E-state index is -1.24. The van der Waals surface area contributed by atoms with E-state index in [1.165, 1.54) is 24.3 Å². The van der Waals surface area contributed by atoms with Crippen LogP contribution in [0.3, 0.4) is 0 Å². The van der Waals surface area contributed by atoms with Gasteiger partial charge in [0.05, 0.1) is 24.7 Å². The first-order valence-electron chi connectivity index (χ1n) is 6.63. The Morgan fingerprint density at radius 1 is 1.43 bits per heavy atom. The quantitative estimate of drug-likeness (QED) is 0.251. The average Bonchev–Trinajstić information content (AvgIpc) is 2.52. The fourth-order valence-electron chi connectivity index (χ4n) is 1.65. The van der Waals surface area contributed by atoms with Crippen molar-refractivity contribution in [1.82, 2.24) is 5.32 Å². The van der Waals surface area contributed by atoms with Gasteiger partial charge in [0.15, 0.2) is 6.04 Å². The number of nitrogens with zero attached hydrogens (tertiary/aromatic N) is 1. The molecule has 1 atom stereocenters. The predicted octanol–water partition coefficient (Wildman–Crippen LogP) is 0.779. The first kappa shape index (κ1) is 18.1. The van der Waals surface area contributed by atoms with E-state index in [-0.39, 0.29) is 31.1 Å². The van der Waals surface area contributed by atoms with Crippen molar-refractivity contribution in [2.75, 3.05) is 25.1 Å². The standard InChI is InChI=1S/C14H17N3O6/c1-2-7-23-9-11(14(19)20)16-13(18)8-15-10-5-3-4-6-12(10)17(21)22/h2-6,11,15H,1,7-9H2,(H,16,18)(H,19,20). The number of carboxylic acid groups (broad SMARTS) is 1. The maximum Gasteiger partial charge on any atom is 0.328 e. The Labute approximate surface area is 132 Å². The Balaban J connectivity index is 2.57. The van der Waals surface area contributed by atoms with E-state index in [9.17, 15) is 19.7 Å². The van der Waals surface area contributed by atoms with Gasteiger partial charge >= 0.3 is 5.97 Å². The van der Waals surface area contributed by atoms with Crippen molar-refractivity contribution < 1.29 is 24.4 Å². The number of anilines is 1. The zero-order valence-electron chi connectivity index (χ0n) is 12.2. The summed E-state index contributed by atoms with van der Waals surface area (Å²) in [5.41, 5.74) is -0.00756. The summed E-state index contributed by atoms with van der Waals surface area (Å²) in [5, 5.41) is 24.7. The van der Waals surface area contributed by atoms with Gasteiger partial charge < -0.3 is 20.5 Å². The molecule has 124 valence electrons. The monoisotopic (exact) mass is 323 g/mol. The second kappa shape index (κ2) is 9.15. The van der Waals surface area contributed by atoms with Crippen molar-refractivity contribution >= 4 is 23.3 Å². The van der Waals surface area contributed by atoms with Gasteiger partial charge in [-0.25, -0.2) is 4.79 Å². The minimum absolute atomic E-state index is 0.161. The highest BCUT2D eigenvalue weighted by Gasteiger charge is 2.20. The van der Waals surface area contributed by atoms with Gasteiger partial charge in [-0.3, -0.25) is 14.9 Å². The maximum atomic E-state index is 11.8. The number of ether oxygens (including phenoxy) is 1. The van der Waals surface area contributed by atoms with E-state index < -0.39 is 22.8 Å². The van der Waals surface area contributed by atoms with Crippen molar-refractivity contribution in [2.24, 2.45) is 0 Å². The van der Waals surface area contributed by atoms with Crippen molar-refractivity contribution in [2.45, 2.75) is 6.04 Å². The van der Waals surface area contributed by atoms with Crippen LogP contribution < -0.4 is 10.6 Å². The number of aliphatic carboxylic acids is 1. The molecule has 0 aliphatic rings. The van der Waals surface area contributed by atoms with Gasteiger partial charge in [0, 0.05) is 6.07 Å².